The highest BCUT2D eigenvalue weighted by atomic mass is 32.2. The van der Waals surface area contributed by atoms with Gasteiger partial charge in [-0.2, -0.15) is 0 Å². The third-order valence-corrected chi connectivity index (χ3v) is 5.08. The molecule has 0 aliphatic carbocycles. The van der Waals surface area contributed by atoms with Crippen molar-refractivity contribution in [1.82, 2.24) is 0 Å². The van der Waals surface area contributed by atoms with E-state index in [0.717, 1.165) is 47.6 Å². The van der Waals surface area contributed by atoms with Crippen LogP contribution in [0, 0.1) is 11.6 Å². The number of amides is 1. The van der Waals surface area contributed by atoms with Crippen molar-refractivity contribution in [3.05, 3.63) is 59.7 Å². The molecule has 3 rings (SSSR count). The summed E-state index contributed by atoms with van der Waals surface area (Å²) in [7, 11) is 0. The van der Waals surface area contributed by atoms with Crippen molar-refractivity contribution in [1.29, 1.82) is 0 Å². The van der Waals surface area contributed by atoms with Crippen LogP contribution in [0.4, 0.5) is 14.5 Å². The molecule has 26 heavy (non-hydrogen) atoms. The molecule has 0 radical (unpaired) electrons. The quantitative estimate of drug-likeness (QED) is 0.590. The molecule has 0 unspecified atom stereocenters. The number of carbonyl (C=O) groups excluding carboxylic acids is 2. The number of ether oxygens (including phenoxy) is 1. The van der Waals surface area contributed by atoms with Gasteiger partial charge in [-0.1, -0.05) is 18.2 Å². The van der Waals surface area contributed by atoms with Gasteiger partial charge in [0.05, 0.1) is 5.75 Å². The first-order valence-corrected chi connectivity index (χ1v) is 9.07. The summed E-state index contributed by atoms with van der Waals surface area (Å²) in [4.78, 5) is 25.9. The molecule has 0 fully saturated rings. The molecule has 0 saturated heterocycles. The Labute approximate surface area is 154 Å². The molecule has 0 saturated carbocycles. The van der Waals surface area contributed by atoms with Crippen LogP contribution in [0.15, 0.2) is 47.4 Å². The van der Waals surface area contributed by atoms with E-state index in [1.807, 2.05) is 31.2 Å². The van der Waals surface area contributed by atoms with E-state index in [0.29, 0.717) is 0 Å². The lowest BCUT2D eigenvalue weighted by atomic mass is 10.1. The summed E-state index contributed by atoms with van der Waals surface area (Å²) in [6.45, 7) is 1.55. The number of anilines is 1. The number of benzene rings is 2. The predicted octanol–water partition coefficient (Wildman–Crippen LogP) is 3.58. The summed E-state index contributed by atoms with van der Waals surface area (Å²) in [6, 6.07) is 10.6. The first-order chi connectivity index (χ1) is 12.5. The van der Waals surface area contributed by atoms with E-state index >= 15 is 0 Å². The average Bonchev–Trinajstić information content (AvgIpc) is 2.96. The van der Waals surface area contributed by atoms with Crippen LogP contribution in [-0.2, 0) is 20.7 Å². The Kier molecular flexibility index (Phi) is 5.56. The molecule has 2 aromatic carbocycles. The number of esters is 1. The van der Waals surface area contributed by atoms with Crippen LogP contribution < -0.4 is 4.90 Å². The van der Waals surface area contributed by atoms with Crippen molar-refractivity contribution in [3.8, 4) is 0 Å². The van der Waals surface area contributed by atoms with E-state index in [-0.39, 0.29) is 29.2 Å². The molecule has 7 heteroatoms. The first-order valence-electron chi connectivity index (χ1n) is 8.09. The summed E-state index contributed by atoms with van der Waals surface area (Å²) >= 11 is 0.828. The Hall–Kier alpha value is -2.41. The maximum Gasteiger partial charge on any atom is 0.316 e. The van der Waals surface area contributed by atoms with Gasteiger partial charge in [0.25, 0.3) is 5.91 Å². The normalized spacial score (nSPS) is 15.7. The van der Waals surface area contributed by atoms with Crippen molar-refractivity contribution < 1.29 is 23.1 Å². The number of halogens is 2. The van der Waals surface area contributed by atoms with Crippen LogP contribution >= 0.6 is 11.8 Å². The van der Waals surface area contributed by atoms with Crippen LogP contribution in [0.5, 0.6) is 0 Å². The average molecular weight is 377 g/mol. The van der Waals surface area contributed by atoms with Gasteiger partial charge in [0.2, 0.25) is 0 Å². The number of nitrogens with zero attached hydrogens (tertiary/aromatic N) is 1. The topological polar surface area (TPSA) is 46.6 Å². The first kappa shape index (κ1) is 18.4. The lowest BCUT2D eigenvalue weighted by Gasteiger charge is -2.22. The second-order valence-electron chi connectivity index (χ2n) is 5.97. The molecule has 4 nitrogen and oxygen atoms in total. The van der Waals surface area contributed by atoms with E-state index in [9.17, 15) is 18.4 Å². The molecular formula is C19H17F2NO3S. The highest BCUT2D eigenvalue weighted by molar-refractivity contribution is 8.00. The Bertz CT molecular complexity index is 843. The molecule has 0 spiro atoms. The van der Waals surface area contributed by atoms with Crippen LogP contribution in [0.25, 0.3) is 0 Å². The van der Waals surface area contributed by atoms with E-state index in [2.05, 4.69) is 0 Å². The van der Waals surface area contributed by atoms with Gasteiger partial charge in [-0.3, -0.25) is 9.59 Å². The number of rotatable bonds is 5. The highest BCUT2D eigenvalue weighted by Crippen LogP contribution is 2.31. The summed E-state index contributed by atoms with van der Waals surface area (Å²) in [5.74, 6) is -2.37. The van der Waals surface area contributed by atoms with Crippen molar-refractivity contribution in [2.45, 2.75) is 24.3 Å². The second-order valence-corrected chi connectivity index (χ2v) is 6.99. The smallest absolute Gasteiger partial charge is 0.316 e. The number of fused-ring (bicyclic) bond motifs is 1. The molecule has 1 atom stereocenters. The Morgan fingerprint density at radius 3 is 2.81 bits per heavy atom. The number of para-hydroxylation sites is 1. The molecule has 1 aliphatic rings. The van der Waals surface area contributed by atoms with Crippen LogP contribution in [-0.4, -0.2) is 30.3 Å². The number of thioether (sulfide) groups is 1. The fourth-order valence-electron chi connectivity index (χ4n) is 2.92. The molecule has 1 aliphatic heterocycles. The van der Waals surface area contributed by atoms with E-state index in [1.165, 1.54) is 0 Å². The van der Waals surface area contributed by atoms with Gasteiger partial charge < -0.3 is 9.64 Å². The van der Waals surface area contributed by atoms with Crippen molar-refractivity contribution in [2.24, 2.45) is 0 Å². The molecular weight excluding hydrogens is 360 g/mol. The fraction of sp³-hybridized carbons (Fsp3) is 0.263. The highest BCUT2D eigenvalue weighted by Gasteiger charge is 2.30. The van der Waals surface area contributed by atoms with E-state index in [4.69, 9.17) is 4.74 Å². The van der Waals surface area contributed by atoms with Crippen molar-refractivity contribution in [2.75, 3.05) is 17.3 Å². The second kappa shape index (κ2) is 7.86. The number of hydrogen-bond donors (Lipinski definition) is 0. The standard InChI is InChI=1S/C19H17F2NO3S/c1-12-8-13-4-2-3-5-16(13)22(12)18(23)10-25-19(24)11-26-17-9-14(20)6-7-15(17)21/h2-7,9,12H,8,10-11H2,1H3/t12-/m0/s1. The third-order valence-electron chi connectivity index (χ3n) is 4.07. The summed E-state index contributed by atoms with van der Waals surface area (Å²) < 4.78 is 31.6. The molecule has 2 aromatic rings. The van der Waals surface area contributed by atoms with Gasteiger partial charge in [-0.25, -0.2) is 8.78 Å². The minimum atomic E-state index is -0.660. The lowest BCUT2D eigenvalue weighted by molar-refractivity contribution is -0.145. The Morgan fingerprint density at radius 2 is 2.00 bits per heavy atom. The lowest BCUT2D eigenvalue weighted by Crippen LogP contribution is -2.38. The van der Waals surface area contributed by atoms with Gasteiger partial charge in [0, 0.05) is 16.6 Å². The fourth-order valence-corrected chi connectivity index (χ4v) is 3.68. The summed E-state index contributed by atoms with van der Waals surface area (Å²) in [6.07, 6.45) is 0.755. The monoisotopic (exact) mass is 377 g/mol. The minimum absolute atomic E-state index is 0.00522. The van der Waals surface area contributed by atoms with Crippen LogP contribution in [0.2, 0.25) is 0 Å². The number of hydrogen-bond acceptors (Lipinski definition) is 4. The molecule has 0 bridgehead atoms. The summed E-state index contributed by atoms with van der Waals surface area (Å²) in [5.41, 5.74) is 1.91. The van der Waals surface area contributed by atoms with Gasteiger partial charge >= 0.3 is 5.97 Å². The van der Waals surface area contributed by atoms with E-state index in [1.54, 1.807) is 4.90 Å². The van der Waals surface area contributed by atoms with Gasteiger partial charge in [-0.05, 0) is 43.2 Å². The SMILES string of the molecule is C[C@H]1Cc2ccccc2N1C(=O)COC(=O)CSc1cc(F)ccc1F. The largest absolute Gasteiger partial charge is 0.455 e. The van der Waals surface area contributed by atoms with E-state index < -0.39 is 17.6 Å². The maximum absolute atomic E-state index is 13.5. The zero-order valence-corrected chi connectivity index (χ0v) is 14.9. The minimum Gasteiger partial charge on any atom is -0.455 e. The van der Waals surface area contributed by atoms with Crippen LogP contribution in [0.3, 0.4) is 0 Å². The Morgan fingerprint density at radius 1 is 1.23 bits per heavy atom. The number of carbonyl (C=O) groups is 2. The van der Waals surface area contributed by atoms with Crippen molar-refractivity contribution >= 4 is 29.3 Å². The molecule has 1 amide bonds. The Balaban J connectivity index is 1.53. The molecule has 136 valence electrons. The molecule has 1 heterocycles. The van der Waals surface area contributed by atoms with Gasteiger partial charge in [0.15, 0.2) is 6.61 Å². The maximum atomic E-state index is 13.5. The third kappa shape index (κ3) is 4.04. The predicted molar refractivity (Wildman–Crippen MR) is 95.1 cm³/mol. The summed E-state index contributed by atoms with van der Waals surface area (Å²) in [5, 5.41) is 0. The van der Waals surface area contributed by atoms with Gasteiger partial charge in [0.1, 0.15) is 11.6 Å². The molecule has 0 aromatic heterocycles. The van der Waals surface area contributed by atoms with Crippen molar-refractivity contribution in [3.63, 3.8) is 0 Å². The molecule has 0 N–H and O–H groups in total. The van der Waals surface area contributed by atoms with Gasteiger partial charge in [-0.15, -0.1) is 11.8 Å². The zero-order chi connectivity index (χ0) is 18.7. The van der Waals surface area contributed by atoms with Crippen LogP contribution in [0.1, 0.15) is 12.5 Å². The zero-order valence-electron chi connectivity index (χ0n) is 14.1.